The normalized spacial score (nSPS) is 37.8. The van der Waals surface area contributed by atoms with E-state index in [2.05, 4.69) is 6.92 Å². The molecule has 2 rings (SSSR count). The van der Waals surface area contributed by atoms with Crippen LogP contribution in [0.4, 0.5) is 4.79 Å². The minimum Gasteiger partial charge on any atom is -0.351 e. The first-order valence-corrected chi connectivity index (χ1v) is 5.68. The average molecular weight is 196 g/mol. The number of piperidine rings is 1. The van der Waals surface area contributed by atoms with Gasteiger partial charge in [-0.1, -0.05) is 19.8 Å². The first kappa shape index (κ1) is 9.81. The number of nitrogens with zero attached hydrogens (tertiary/aromatic N) is 1. The highest BCUT2D eigenvalue weighted by Crippen LogP contribution is 2.48. The summed E-state index contributed by atoms with van der Waals surface area (Å²) in [5, 5.41) is 0. The molecule has 0 aromatic carbocycles. The molecule has 0 aromatic heterocycles. The highest BCUT2D eigenvalue weighted by Gasteiger charge is 2.43. The van der Waals surface area contributed by atoms with Gasteiger partial charge < -0.3 is 10.6 Å². The van der Waals surface area contributed by atoms with Crippen LogP contribution in [-0.4, -0.2) is 24.0 Å². The third-order valence-electron chi connectivity index (χ3n) is 4.28. The minimum absolute atomic E-state index is 0.233. The van der Waals surface area contributed by atoms with Gasteiger partial charge in [-0.2, -0.15) is 0 Å². The lowest BCUT2D eigenvalue weighted by Gasteiger charge is -2.42. The first-order chi connectivity index (χ1) is 6.64. The van der Waals surface area contributed by atoms with E-state index in [4.69, 9.17) is 5.73 Å². The molecule has 80 valence electrons. The summed E-state index contributed by atoms with van der Waals surface area (Å²) in [4.78, 5) is 13.0. The van der Waals surface area contributed by atoms with E-state index in [1.807, 2.05) is 4.90 Å². The van der Waals surface area contributed by atoms with Crippen molar-refractivity contribution in [2.24, 2.45) is 17.1 Å². The average Bonchev–Trinajstić information content (AvgIpc) is 2.48. The van der Waals surface area contributed by atoms with Crippen LogP contribution in [0.1, 0.15) is 39.0 Å². The van der Waals surface area contributed by atoms with Crippen LogP contribution in [0.2, 0.25) is 0 Å². The van der Waals surface area contributed by atoms with E-state index in [-0.39, 0.29) is 6.03 Å². The van der Waals surface area contributed by atoms with Gasteiger partial charge in [-0.05, 0) is 30.6 Å². The Balaban J connectivity index is 2.09. The van der Waals surface area contributed by atoms with E-state index in [1.54, 1.807) is 0 Å². The van der Waals surface area contributed by atoms with Gasteiger partial charge in [0.1, 0.15) is 0 Å². The van der Waals surface area contributed by atoms with E-state index >= 15 is 0 Å². The van der Waals surface area contributed by atoms with Crippen LogP contribution < -0.4 is 5.73 Å². The predicted octanol–water partition coefficient (Wildman–Crippen LogP) is 1.97. The number of amides is 2. The summed E-state index contributed by atoms with van der Waals surface area (Å²) in [5.74, 6) is 0.768. The standard InChI is InChI=1S/C11H20N2O/c1-9-4-2-5-11(9)6-3-7-13(8-11)10(12)14/h9H,2-8H2,1H3,(H2,12,14). The van der Waals surface area contributed by atoms with Crippen molar-refractivity contribution in [3.63, 3.8) is 0 Å². The molecule has 14 heavy (non-hydrogen) atoms. The van der Waals surface area contributed by atoms with Crippen molar-refractivity contribution < 1.29 is 4.79 Å². The molecule has 0 aromatic rings. The quantitative estimate of drug-likeness (QED) is 0.632. The molecule has 2 amide bonds. The Hall–Kier alpha value is -0.730. The molecule has 3 heteroatoms. The van der Waals surface area contributed by atoms with Crippen molar-refractivity contribution in [1.29, 1.82) is 0 Å². The maximum absolute atomic E-state index is 11.1. The van der Waals surface area contributed by atoms with E-state index in [1.165, 1.54) is 25.7 Å². The summed E-state index contributed by atoms with van der Waals surface area (Å²) in [6.07, 6.45) is 6.36. The maximum atomic E-state index is 11.1. The molecule has 3 nitrogen and oxygen atoms in total. The Kier molecular flexibility index (Phi) is 2.41. The molecule has 0 bridgehead atoms. The fourth-order valence-corrected chi connectivity index (χ4v) is 3.27. The van der Waals surface area contributed by atoms with Gasteiger partial charge in [0.25, 0.3) is 0 Å². The summed E-state index contributed by atoms with van der Waals surface area (Å²) in [6, 6.07) is -0.233. The van der Waals surface area contributed by atoms with Crippen LogP contribution in [0, 0.1) is 11.3 Å². The van der Waals surface area contributed by atoms with Gasteiger partial charge >= 0.3 is 6.03 Å². The van der Waals surface area contributed by atoms with Crippen LogP contribution in [0.15, 0.2) is 0 Å². The summed E-state index contributed by atoms with van der Waals surface area (Å²) < 4.78 is 0. The molecule has 2 atom stereocenters. The lowest BCUT2D eigenvalue weighted by Crippen LogP contribution is -2.49. The third-order valence-corrected chi connectivity index (χ3v) is 4.28. The number of rotatable bonds is 0. The summed E-state index contributed by atoms with van der Waals surface area (Å²) in [6.45, 7) is 4.10. The van der Waals surface area contributed by atoms with Gasteiger partial charge in [-0.3, -0.25) is 0 Å². The summed E-state index contributed by atoms with van der Waals surface area (Å²) in [7, 11) is 0. The van der Waals surface area contributed by atoms with E-state index in [0.29, 0.717) is 5.41 Å². The second kappa shape index (κ2) is 3.44. The number of nitrogens with two attached hydrogens (primary N) is 1. The zero-order valence-electron chi connectivity index (χ0n) is 8.96. The minimum atomic E-state index is -0.233. The van der Waals surface area contributed by atoms with Crippen LogP contribution in [0.3, 0.4) is 0 Å². The Morgan fingerprint density at radius 3 is 2.71 bits per heavy atom. The molecular formula is C11H20N2O. The predicted molar refractivity (Wildman–Crippen MR) is 55.8 cm³/mol. The van der Waals surface area contributed by atoms with Crippen LogP contribution in [0.25, 0.3) is 0 Å². The Morgan fingerprint density at radius 2 is 2.14 bits per heavy atom. The van der Waals surface area contributed by atoms with Gasteiger partial charge in [0.05, 0.1) is 0 Å². The van der Waals surface area contributed by atoms with Crippen molar-refractivity contribution in [3.8, 4) is 0 Å². The molecule has 2 N–H and O–H groups in total. The molecule has 1 saturated heterocycles. The molecule has 2 unspecified atom stereocenters. The van der Waals surface area contributed by atoms with E-state index < -0.39 is 0 Å². The van der Waals surface area contributed by atoms with Crippen molar-refractivity contribution in [1.82, 2.24) is 4.90 Å². The van der Waals surface area contributed by atoms with Gasteiger partial charge in [0.15, 0.2) is 0 Å². The highest BCUT2D eigenvalue weighted by molar-refractivity contribution is 5.72. The molecule has 1 saturated carbocycles. The maximum Gasteiger partial charge on any atom is 0.314 e. The zero-order chi connectivity index (χ0) is 10.2. The topological polar surface area (TPSA) is 46.3 Å². The zero-order valence-corrected chi connectivity index (χ0v) is 8.96. The molecule has 1 heterocycles. The monoisotopic (exact) mass is 196 g/mol. The Bertz CT molecular complexity index is 241. The number of carbonyl (C=O) groups is 1. The number of urea groups is 1. The van der Waals surface area contributed by atoms with Gasteiger partial charge in [-0.25, -0.2) is 4.79 Å². The van der Waals surface area contributed by atoms with Crippen LogP contribution >= 0.6 is 0 Å². The molecule has 1 aliphatic carbocycles. The molecule has 2 aliphatic rings. The van der Waals surface area contributed by atoms with E-state index in [0.717, 1.165) is 25.4 Å². The largest absolute Gasteiger partial charge is 0.351 e. The molecule has 1 spiro atoms. The van der Waals surface area contributed by atoms with Gasteiger partial charge in [-0.15, -0.1) is 0 Å². The Labute approximate surface area is 85.6 Å². The van der Waals surface area contributed by atoms with E-state index in [9.17, 15) is 4.79 Å². The Morgan fingerprint density at radius 1 is 1.43 bits per heavy atom. The number of carbonyl (C=O) groups excluding carboxylic acids is 1. The van der Waals surface area contributed by atoms with Gasteiger partial charge in [0.2, 0.25) is 0 Å². The first-order valence-electron chi connectivity index (χ1n) is 5.68. The lowest BCUT2D eigenvalue weighted by atomic mass is 9.73. The summed E-state index contributed by atoms with van der Waals surface area (Å²) in [5.41, 5.74) is 5.76. The smallest absolute Gasteiger partial charge is 0.314 e. The SMILES string of the molecule is CC1CCCC12CCCN(C(N)=O)C2. The molecule has 2 fully saturated rings. The second-order valence-corrected chi connectivity index (χ2v) is 5.02. The van der Waals surface area contributed by atoms with Crippen LogP contribution in [0.5, 0.6) is 0 Å². The number of hydrogen-bond acceptors (Lipinski definition) is 1. The second-order valence-electron chi connectivity index (χ2n) is 5.02. The van der Waals surface area contributed by atoms with Crippen molar-refractivity contribution >= 4 is 6.03 Å². The van der Waals surface area contributed by atoms with Crippen molar-refractivity contribution in [2.75, 3.05) is 13.1 Å². The third kappa shape index (κ3) is 1.49. The van der Waals surface area contributed by atoms with Gasteiger partial charge in [0, 0.05) is 13.1 Å². The fourth-order valence-electron chi connectivity index (χ4n) is 3.27. The molecular weight excluding hydrogens is 176 g/mol. The van der Waals surface area contributed by atoms with Crippen LogP contribution in [-0.2, 0) is 0 Å². The summed E-state index contributed by atoms with van der Waals surface area (Å²) >= 11 is 0. The van der Waals surface area contributed by atoms with Crippen molar-refractivity contribution in [3.05, 3.63) is 0 Å². The number of hydrogen-bond donors (Lipinski definition) is 1. The molecule has 1 aliphatic heterocycles. The highest BCUT2D eigenvalue weighted by atomic mass is 16.2. The fraction of sp³-hybridized carbons (Fsp3) is 0.909. The number of likely N-dealkylation sites (tertiary alicyclic amines) is 1. The lowest BCUT2D eigenvalue weighted by molar-refractivity contribution is 0.0810. The molecule has 0 radical (unpaired) electrons. The van der Waals surface area contributed by atoms with Crippen molar-refractivity contribution in [2.45, 2.75) is 39.0 Å². The number of primary amides is 1.